The number of allylic oxidation sites excluding steroid dienone is 1. The van der Waals surface area contributed by atoms with Crippen molar-refractivity contribution in [1.82, 2.24) is 0 Å². The van der Waals surface area contributed by atoms with Crippen molar-refractivity contribution < 1.29 is 5.11 Å². The number of hydrogen-bond donors (Lipinski definition) is 2. The van der Waals surface area contributed by atoms with E-state index in [4.69, 9.17) is 0 Å². The predicted octanol–water partition coefficient (Wildman–Crippen LogP) is 3.89. The van der Waals surface area contributed by atoms with Crippen molar-refractivity contribution in [2.45, 2.75) is 6.92 Å². The minimum atomic E-state index is 0.272. The van der Waals surface area contributed by atoms with Crippen LogP contribution in [0.1, 0.15) is 12.5 Å². The standard InChI is InChI=1S/C16H16N2O/c1-13(17-18-15-5-3-2-4-6-15)7-8-14-9-11-16(19)12-10-14/h2-12,18-19H,1H3/b8-7+,17-13?. The van der Waals surface area contributed by atoms with Gasteiger partial charge in [0, 0.05) is 0 Å². The summed E-state index contributed by atoms with van der Waals surface area (Å²) in [6.45, 7) is 1.92. The number of hydrazone groups is 1. The quantitative estimate of drug-likeness (QED) is 0.640. The number of rotatable bonds is 4. The first-order valence-corrected chi connectivity index (χ1v) is 6.06. The third-order valence-electron chi connectivity index (χ3n) is 2.55. The Hall–Kier alpha value is -2.55. The van der Waals surface area contributed by atoms with Gasteiger partial charge >= 0.3 is 0 Å². The largest absolute Gasteiger partial charge is 0.508 e. The smallest absolute Gasteiger partial charge is 0.115 e. The van der Waals surface area contributed by atoms with Crippen molar-refractivity contribution in [3.05, 3.63) is 66.2 Å². The molecular formula is C16H16N2O. The van der Waals surface area contributed by atoms with Crippen LogP contribution in [0.5, 0.6) is 5.75 Å². The van der Waals surface area contributed by atoms with Crippen LogP contribution < -0.4 is 5.43 Å². The van der Waals surface area contributed by atoms with Gasteiger partial charge in [-0.1, -0.05) is 36.4 Å². The van der Waals surface area contributed by atoms with Gasteiger partial charge in [0.05, 0.1) is 11.4 Å². The highest BCUT2D eigenvalue weighted by Crippen LogP contribution is 2.11. The molecule has 0 aliphatic carbocycles. The van der Waals surface area contributed by atoms with E-state index in [0.29, 0.717) is 0 Å². The zero-order valence-electron chi connectivity index (χ0n) is 10.7. The Morgan fingerprint density at radius 1 is 1.05 bits per heavy atom. The minimum Gasteiger partial charge on any atom is -0.508 e. The summed E-state index contributed by atoms with van der Waals surface area (Å²) in [6, 6.07) is 16.8. The van der Waals surface area contributed by atoms with E-state index in [-0.39, 0.29) is 5.75 Å². The van der Waals surface area contributed by atoms with E-state index in [1.54, 1.807) is 12.1 Å². The van der Waals surface area contributed by atoms with Crippen molar-refractivity contribution in [3.63, 3.8) is 0 Å². The Labute approximate surface area is 112 Å². The average molecular weight is 252 g/mol. The number of phenolic OH excluding ortho intramolecular Hbond substituents is 1. The lowest BCUT2D eigenvalue weighted by molar-refractivity contribution is 0.475. The molecule has 2 N–H and O–H groups in total. The first kappa shape index (κ1) is 12.9. The van der Waals surface area contributed by atoms with Gasteiger partial charge in [0.15, 0.2) is 0 Å². The highest BCUT2D eigenvalue weighted by Gasteiger charge is 1.90. The maximum absolute atomic E-state index is 9.19. The number of aromatic hydroxyl groups is 1. The molecule has 0 radical (unpaired) electrons. The lowest BCUT2D eigenvalue weighted by Crippen LogP contribution is -1.93. The molecule has 0 saturated heterocycles. The number of para-hydroxylation sites is 1. The number of nitrogens with one attached hydrogen (secondary N) is 1. The van der Waals surface area contributed by atoms with Crippen molar-refractivity contribution in [2.24, 2.45) is 5.10 Å². The third-order valence-corrected chi connectivity index (χ3v) is 2.55. The number of anilines is 1. The van der Waals surface area contributed by atoms with Gasteiger partial charge in [0.2, 0.25) is 0 Å². The van der Waals surface area contributed by atoms with E-state index in [2.05, 4.69) is 10.5 Å². The van der Waals surface area contributed by atoms with Crippen LogP contribution in [0.3, 0.4) is 0 Å². The summed E-state index contributed by atoms with van der Waals surface area (Å²) in [6.07, 6.45) is 3.87. The molecule has 0 fully saturated rings. The van der Waals surface area contributed by atoms with Gasteiger partial charge in [-0.15, -0.1) is 0 Å². The number of benzene rings is 2. The van der Waals surface area contributed by atoms with E-state index < -0.39 is 0 Å². The summed E-state index contributed by atoms with van der Waals surface area (Å²) < 4.78 is 0. The minimum absolute atomic E-state index is 0.272. The van der Waals surface area contributed by atoms with Crippen LogP contribution in [0.15, 0.2) is 65.8 Å². The molecule has 0 spiro atoms. The highest BCUT2D eigenvalue weighted by atomic mass is 16.3. The summed E-state index contributed by atoms with van der Waals surface area (Å²) in [5.41, 5.74) is 5.84. The molecule has 0 heterocycles. The molecule has 3 heteroatoms. The Kier molecular flexibility index (Phi) is 4.34. The second-order valence-electron chi connectivity index (χ2n) is 4.16. The normalized spacial score (nSPS) is 11.7. The molecule has 0 atom stereocenters. The monoisotopic (exact) mass is 252 g/mol. The van der Waals surface area contributed by atoms with Crippen molar-refractivity contribution in [3.8, 4) is 5.75 Å². The van der Waals surface area contributed by atoms with E-state index in [1.165, 1.54) is 0 Å². The van der Waals surface area contributed by atoms with Gasteiger partial charge < -0.3 is 5.11 Å². The molecule has 19 heavy (non-hydrogen) atoms. The van der Waals surface area contributed by atoms with Gasteiger partial charge in [0.1, 0.15) is 5.75 Å². The average Bonchev–Trinajstić information content (AvgIpc) is 2.45. The van der Waals surface area contributed by atoms with Crippen molar-refractivity contribution >= 4 is 17.5 Å². The molecular weight excluding hydrogens is 236 g/mol. The van der Waals surface area contributed by atoms with Crippen LogP contribution in [-0.4, -0.2) is 10.8 Å². The lowest BCUT2D eigenvalue weighted by atomic mass is 10.2. The van der Waals surface area contributed by atoms with E-state index in [9.17, 15) is 5.11 Å². The maximum atomic E-state index is 9.19. The molecule has 0 unspecified atom stereocenters. The van der Waals surface area contributed by atoms with Gasteiger partial charge in [0.25, 0.3) is 0 Å². The van der Waals surface area contributed by atoms with Gasteiger partial charge in [-0.3, -0.25) is 5.43 Å². The summed E-state index contributed by atoms with van der Waals surface area (Å²) in [5, 5.41) is 13.4. The maximum Gasteiger partial charge on any atom is 0.115 e. The Morgan fingerprint density at radius 3 is 2.42 bits per heavy atom. The summed E-state index contributed by atoms with van der Waals surface area (Å²) >= 11 is 0. The zero-order valence-corrected chi connectivity index (χ0v) is 10.7. The predicted molar refractivity (Wildman–Crippen MR) is 80.3 cm³/mol. The van der Waals surface area contributed by atoms with E-state index >= 15 is 0 Å². The molecule has 0 bridgehead atoms. The van der Waals surface area contributed by atoms with Crippen LogP contribution in [0.4, 0.5) is 5.69 Å². The SMILES string of the molecule is CC(/C=C/c1ccc(O)cc1)=NNc1ccccc1. The summed E-state index contributed by atoms with van der Waals surface area (Å²) in [5.74, 6) is 0.272. The summed E-state index contributed by atoms with van der Waals surface area (Å²) in [7, 11) is 0. The molecule has 96 valence electrons. The molecule has 2 aromatic rings. The summed E-state index contributed by atoms with van der Waals surface area (Å²) in [4.78, 5) is 0. The molecule has 0 saturated carbocycles. The topological polar surface area (TPSA) is 44.6 Å². The molecule has 0 aliphatic heterocycles. The Bertz CT molecular complexity index is 571. The van der Waals surface area contributed by atoms with E-state index in [1.807, 2.05) is 61.5 Å². The number of phenols is 1. The lowest BCUT2D eigenvalue weighted by Gasteiger charge is -2.00. The third kappa shape index (κ3) is 4.32. The first-order valence-electron chi connectivity index (χ1n) is 6.06. The highest BCUT2D eigenvalue weighted by molar-refractivity contribution is 5.96. The fraction of sp³-hybridized carbons (Fsp3) is 0.0625. The van der Waals surface area contributed by atoms with Crippen LogP contribution in [-0.2, 0) is 0 Å². The van der Waals surface area contributed by atoms with Gasteiger partial charge in [-0.25, -0.2) is 0 Å². The fourth-order valence-corrected chi connectivity index (χ4v) is 1.50. The van der Waals surface area contributed by atoms with Gasteiger partial charge in [-0.2, -0.15) is 5.10 Å². The first-order chi connectivity index (χ1) is 9.24. The van der Waals surface area contributed by atoms with Crippen LogP contribution in [0, 0.1) is 0 Å². The van der Waals surface area contributed by atoms with Crippen molar-refractivity contribution in [1.29, 1.82) is 0 Å². The number of nitrogens with zero attached hydrogens (tertiary/aromatic N) is 1. The van der Waals surface area contributed by atoms with E-state index in [0.717, 1.165) is 17.0 Å². The van der Waals surface area contributed by atoms with Gasteiger partial charge in [-0.05, 0) is 42.8 Å². The molecule has 2 rings (SSSR count). The van der Waals surface area contributed by atoms with Crippen molar-refractivity contribution in [2.75, 3.05) is 5.43 Å². The number of hydrogen-bond acceptors (Lipinski definition) is 3. The van der Waals surface area contributed by atoms with Crippen LogP contribution in [0.2, 0.25) is 0 Å². The molecule has 3 nitrogen and oxygen atoms in total. The Balaban J connectivity index is 1.96. The molecule has 0 aromatic heterocycles. The molecule has 0 aliphatic rings. The second kappa shape index (κ2) is 6.40. The second-order valence-corrected chi connectivity index (χ2v) is 4.16. The fourth-order valence-electron chi connectivity index (χ4n) is 1.50. The zero-order chi connectivity index (χ0) is 13.5. The molecule has 0 amide bonds. The van der Waals surface area contributed by atoms with Crippen LogP contribution >= 0.6 is 0 Å². The Morgan fingerprint density at radius 2 is 1.74 bits per heavy atom. The molecule has 2 aromatic carbocycles. The van der Waals surface area contributed by atoms with Crippen LogP contribution in [0.25, 0.3) is 6.08 Å².